The van der Waals surface area contributed by atoms with Crippen LogP contribution in [-0.4, -0.2) is 37.7 Å². The second-order valence-corrected chi connectivity index (χ2v) is 6.71. The number of hydrogen-bond acceptors (Lipinski definition) is 4. The molecule has 8 heteroatoms. The highest BCUT2D eigenvalue weighted by molar-refractivity contribution is 8.26. The molecule has 3 rings (SSSR count). The minimum atomic E-state index is -1.10. The number of rotatable bonds is 3. The number of carbonyl (C=O) groups is 2. The molecule has 112 valence electrons. The van der Waals surface area contributed by atoms with Crippen LogP contribution in [0, 0.1) is 0 Å². The van der Waals surface area contributed by atoms with Crippen LogP contribution >= 0.6 is 35.6 Å². The fourth-order valence-corrected chi connectivity index (χ4v) is 3.56. The Morgan fingerprint density at radius 2 is 2.27 bits per heavy atom. The fraction of sp³-hybridized carbons (Fsp3) is 0.0714. The van der Waals surface area contributed by atoms with Crippen LogP contribution in [-0.2, 0) is 9.59 Å². The van der Waals surface area contributed by atoms with Crippen LogP contribution in [0.15, 0.2) is 29.3 Å². The average Bonchev–Trinajstić information content (AvgIpc) is 2.95. The van der Waals surface area contributed by atoms with Crippen molar-refractivity contribution in [1.82, 2.24) is 9.88 Å². The number of carboxylic acids is 1. The lowest BCUT2D eigenvalue weighted by Crippen LogP contribution is -2.33. The molecule has 2 N–H and O–H groups in total. The second-order valence-electron chi connectivity index (χ2n) is 4.60. The van der Waals surface area contributed by atoms with Gasteiger partial charge in [-0.05, 0) is 24.3 Å². The van der Waals surface area contributed by atoms with Crippen molar-refractivity contribution < 1.29 is 14.7 Å². The van der Waals surface area contributed by atoms with E-state index in [0.29, 0.717) is 9.93 Å². The largest absolute Gasteiger partial charge is 0.480 e. The number of H-pyrrole nitrogens is 1. The molecule has 1 aromatic heterocycles. The maximum atomic E-state index is 12.2. The summed E-state index contributed by atoms with van der Waals surface area (Å²) in [5.74, 6) is -1.50. The molecule has 1 aromatic carbocycles. The summed E-state index contributed by atoms with van der Waals surface area (Å²) in [6.07, 6.45) is 3.46. The lowest BCUT2D eigenvalue weighted by atomic mass is 10.1. The Hall–Kier alpha value is -1.83. The van der Waals surface area contributed by atoms with E-state index in [1.807, 2.05) is 6.07 Å². The molecule has 0 radical (unpaired) electrons. The Morgan fingerprint density at radius 1 is 1.50 bits per heavy atom. The summed E-state index contributed by atoms with van der Waals surface area (Å²) < 4.78 is 0.247. The third-order valence-corrected chi connectivity index (χ3v) is 4.74. The number of thiocarbonyl (C=S) groups is 1. The lowest BCUT2D eigenvalue weighted by Gasteiger charge is -2.10. The van der Waals surface area contributed by atoms with Gasteiger partial charge in [-0.2, -0.15) is 0 Å². The van der Waals surface area contributed by atoms with E-state index < -0.39 is 18.4 Å². The minimum Gasteiger partial charge on any atom is -0.480 e. The highest BCUT2D eigenvalue weighted by atomic mass is 35.5. The first-order valence-electron chi connectivity index (χ1n) is 6.19. The van der Waals surface area contributed by atoms with Crippen molar-refractivity contribution in [3.8, 4) is 0 Å². The molecule has 1 saturated heterocycles. The van der Waals surface area contributed by atoms with Gasteiger partial charge in [0.2, 0.25) is 0 Å². The van der Waals surface area contributed by atoms with E-state index in [1.54, 1.807) is 24.4 Å². The van der Waals surface area contributed by atoms with Crippen LogP contribution in [0.1, 0.15) is 5.56 Å². The zero-order valence-electron chi connectivity index (χ0n) is 11.0. The van der Waals surface area contributed by atoms with Crippen LogP contribution in [0.4, 0.5) is 0 Å². The number of thioether (sulfide) groups is 1. The first kappa shape index (κ1) is 15.1. The molecule has 0 aliphatic carbocycles. The summed E-state index contributed by atoms with van der Waals surface area (Å²) in [7, 11) is 0. The van der Waals surface area contributed by atoms with Gasteiger partial charge < -0.3 is 10.1 Å². The maximum absolute atomic E-state index is 12.2. The number of aromatic amines is 1. The molecule has 1 aliphatic heterocycles. The van der Waals surface area contributed by atoms with E-state index in [1.165, 1.54) is 0 Å². The number of aromatic nitrogens is 1. The lowest BCUT2D eigenvalue weighted by molar-refractivity contribution is -0.140. The van der Waals surface area contributed by atoms with Gasteiger partial charge in [0.05, 0.1) is 4.91 Å². The monoisotopic (exact) mass is 352 g/mol. The average molecular weight is 353 g/mol. The summed E-state index contributed by atoms with van der Waals surface area (Å²) >= 11 is 12.1. The molecule has 2 aromatic rings. The minimum absolute atomic E-state index is 0.247. The van der Waals surface area contributed by atoms with Crippen molar-refractivity contribution in [3.05, 3.63) is 39.9 Å². The number of halogens is 1. The second kappa shape index (κ2) is 5.75. The summed E-state index contributed by atoms with van der Waals surface area (Å²) in [4.78, 5) is 27.6. The van der Waals surface area contributed by atoms with Crippen molar-refractivity contribution >= 4 is 68.8 Å². The first-order chi connectivity index (χ1) is 10.5. The number of carbonyl (C=O) groups excluding carboxylic acids is 1. The molecular weight excluding hydrogens is 344 g/mol. The smallest absolute Gasteiger partial charge is 0.323 e. The number of benzene rings is 1. The van der Waals surface area contributed by atoms with E-state index in [4.69, 9.17) is 28.9 Å². The van der Waals surface area contributed by atoms with E-state index in [9.17, 15) is 9.59 Å². The molecule has 1 amide bonds. The van der Waals surface area contributed by atoms with Crippen LogP contribution in [0.2, 0.25) is 5.02 Å². The van der Waals surface area contributed by atoms with Crippen molar-refractivity contribution in [2.45, 2.75) is 0 Å². The Kier molecular flexibility index (Phi) is 3.94. The standard InChI is InChI=1S/C14H9ClN2O3S2/c15-8-1-2-10-9(4-8)7(5-16-10)3-11-13(20)17(6-12(18)19)14(21)22-11/h1-5,16H,6H2,(H,18,19)/b11-3-. The van der Waals surface area contributed by atoms with Gasteiger partial charge in [0, 0.05) is 27.7 Å². The third kappa shape index (κ3) is 2.75. The Balaban J connectivity index is 1.98. The quantitative estimate of drug-likeness (QED) is 0.656. The number of carboxylic acid groups (broad SMARTS) is 1. The van der Waals surface area contributed by atoms with Gasteiger partial charge in [-0.3, -0.25) is 14.5 Å². The number of fused-ring (bicyclic) bond motifs is 1. The summed E-state index contributed by atoms with van der Waals surface area (Å²) in [5, 5.41) is 10.3. The summed E-state index contributed by atoms with van der Waals surface area (Å²) in [6, 6.07) is 5.43. The number of aliphatic carboxylic acids is 1. The predicted octanol–water partition coefficient (Wildman–Crippen LogP) is 3.11. The molecule has 22 heavy (non-hydrogen) atoms. The summed E-state index contributed by atoms with van der Waals surface area (Å²) in [5.41, 5.74) is 1.70. The number of hydrogen-bond donors (Lipinski definition) is 2. The molecule has 1 fully saturated rings. The zero-order chi connectivity index (χ0) is 15.9. The Bertz CT molecular complexity index is 844. The van der Waals surface area contributed by atoms with Gasteiger partial charge in [0.25, 0.3) is 5.91 Å². The maximum Gasteiger partial charge on any atom is 0.323 e. The van der Waals surface area contributed by atoms with E-state index in [0.717, 1.165) is 33.1 Å². The molecule has 5 nitrogen and oxygen atoms in total. The van der Waals surface area contributed by atoms with Crippen LogP contribution < -0.4 is 0 Å². The topological polar surface area (TPSA) is 73.4 Å². The van der Waals surface area contributed by atoms with Crippen molar-refractivity contribution in [2.24, 2.45) is 0 Å². The van der Waals surface area contributed by atoms with Crippen LogP contribution in [0.25, 0.3) is 17.0 Å². The number of amides is 1. The predicted molar refractivity (Wildman–Crippen MR) is 90.8 cm³/mol. The fourth-order valence-electron chi connectivity index (χ4n) is 2.15. The van der Waals surface area contributed by atoms with Gasteiger partial charge in [-0.25, -0.2) is 0 Å². The van der Waals surface area contributed by atoms with Crippen LogP contribution in [0.3, 0.4) is 0 Å². The highest BCUT2D eigenvalue weighted by Crippen LogP contribution is 2.34. The molecule has 2 heterocycles. The molecule has 0 unspecified atom stereocenters. The van der Waals surface area contributed by atoms with E-state index >= 15 is 0 Å². The van der Waals surface area contributed by atoms with E-state index in [-0.39, 0.29) is 4.32 Å². The molecule has 0 saturated carbocycles. The van der Waals surface area contributed by atoms with Crippen molar-refractivity contribution in [2.75, 3.05) is 6.54 Å². The number of nitrogens with zero attached hydrogens (tertiary/aromatic N) is 1. The van der Waals surface area contributed by atoms with Crippen molar-refractivity contribution in [1.29, 1.82) is 0 Å². The molecule has 1 aliphatic rings. The SMILES string of the molecule is O=C(O)CN1C(=O)/C(=C/c2c[nH]c3ccc(Cl)cc23)SC1=S. The highest BCUT2D eigenvalue weighted by Gasteiger charge is 2.33. The normalized spacial score (nSPS) is 17.0. The molecule has 0 atom stereocenters. The van der Waals surface area contributed by atoms with Crippen LogP contribution in [0.5, 0.6) is 0 Å². The zero-order valence-corrected chi connectivity index (χ0v) is 13.4. The van der Waals surface area contributed by atoms with Gasteiger partial charge >= 0.3 is 5.97 Å². The van der Waals surface area contributed by atoms with Gasteiger partial charge in [0.15, 0.2) is 0 Å². The molecule has 0 spiro atoms. The Morgan fingerprint density at radius 3 is 3.00 bits per heavy atom. The Labute approximate surface area is 139 Å². The van der Waals surface area contributed by atoms with Gasteiger partial charge in [0.1, 0.15) is 10.9 Å². The molecule has 0 bridgehead atoms. The van der Waals surface area contributed by atoms with E-state index in [2.05, 4.69) is 4.98 Å². The third-order valence-electron chi connectivity index (χ3n) is 3.13. The van der Waals surface area contributed by atoms with Gasteiger partial charge in [-0.15, -0.1) is 0 Å². The summed E-state index contributed by atoms with van der Waals surface area (Å²) in [6.45, 7) is -0.429. The molecular formula is C14H9ClN2O3S2. The number of nitrogens with one attached hydrogen (secondary N) is 1. The van der Waals surface area contributed by atoms with Crippen molar-refractivity contribution in [3.63, 3.8) is 0 Å². The first-order valence-corrected chi connectivity index (χ1v) is 7.80. The van der Waals surface area contributed by atoms with Gasteiger partial charge in [-0.1, -0.05) is 35.6 Å².